The molecule has 19 heavy (non-hydrogen) atoms. The third-order valence-electron chi connectivity index (χ3n) is 3.88. The van der Waals surface area contributed by atoms with Gasteiger partial charge >= 0.3 is 0 Å². The second-order valence-electron chi connectivity index (χ2n) is 6.47. The number of hydrogen-bond donors (Lipinski definition) is 1. The second-order valence-corrected chi connectivity index (χ2v) is 6.85. The van der Waals surface area contributed by atoms with E-state index in [1.54, 1.807) is 12.1 Å². The van der Waals surface area contributed by atoms with E-state index in [1.165, 1.54) is 6.07 Å². The topological polar surface area (TPSA) is 29.5 Å². The van der Waals surface area contributed by atoms with Crippen molar-refractivity contribution in [2.75, 3.05) is 0 Å². The minimum Gasteiger partial charge on any atom is -0.386 e. The van der Waals surface area contributed by atoms with Crippen LogP contribution in [0, 0.1) is 5.82 Å². The summed E-state index contributed by atoms with van der Waals surface area (Å²) in [5.74, 6) is -0.459. The van der Waals surface area contributed by atoms with Gasteiger partial charge in [0.25, 0.3) is 0 Å². The first kappa shape index (κ1) is 14.8. The number of ether oxygens (including phenoxy) is 1. The maximum absolute atomic E-state index is 13.5. The van der Waals surface area contributed by atoms with Crippen LogP contribution >= 0.6 is 11.6 Å². The van der Waals surface area contributed by atoms with E-state index < -0.39 is 22.6 Å². The van der Waals surface area contributed by atoms with Gasteiger partial charge in [0.1, 0.15) is 5.82 Å². The highest BCUT2D eigenvalue weighted by Gasteiger charge is 2.56. The Morgan fingerprint density at radius 1 is 1.32 bits per heavy atom. The average Bonchev–Trinajstić information content (AvgIpc) is 2.38. The van der Waals surface area contributed by atoms with Crippen LogP contribution in [0.3, 0.4) is 0 Å². The Hall–Kier alpha value is -0.640. The van der Waals surface area contributed by atoms with E-state index in [-0.39, 0.29) is 11.4 Å². The van der Waals surface area contributed by atoms with E-state index in [9.17, 15) is 9.50 Å². The first-order valence-electron chi connectivity index (χ1n) is 6.42. The van der Waals surface area contributed by atoms with Crippen LogP contribution < -0.4 is 0 Å². The molecule has 0 radical (unpaired) electrons. The molecule has 0 spiro atoms. The molecule has 1 saturated heterocycles. The summed E-state index contributed by atoms with van der Waals surface area (Å²) in [5.41, 5.74) is -1.56. The molecule has 2 rings (SSSR count). The lowest BCUT2D eigenvalue weighted by Gasteiger charge is -2.35. The number of aliphatic hydroxyl groups is 1. The Kier molecular flexibility index (Phi) is 3.45. The molecule has 1 N–H and O–H groups in total. The Labute approximate surface area is 118 Å². The van der Waals surface area contributed by atoms with E-state index in [0.717, 1.165) is 0 Å². The summed E-state index contributed by atoms with van der Waals surface area (Å²) >= 11 is 5.97. The van der Waals surface area contributed by atoms with E-state index in [1.807, 2.05) is 27.7 Å². The van der Waals surface area contributed by atoms with Crippen LogP contribution in [0.1, 0.15) is 39.7 Å². The van der Waals surface area contributed by atoms with Crippen LogP contribution in [0.2, 0.25) is 5.02 Å². The summed E-state index contributed by atoms with van der Waals surface area (Å²) < 4.78 is 19.4. The van der Waals surface area contributed by atoms with Crippen molar-refractivity contribution in [1.82, 2.24) is 0 Å². The Bertz CT molecular complexity index is 499. The fourth-order valence-electron chi connectivity index (χ4n) is 3.01. The normalized spacial score (nSPS) is 28.6. The molecule has 2 nitrogen and oxygen atoms in total. The van der Waals surface area contributed by atoms with Gasteiger partial charge < -0.3 is 9.84 Å². The summed E-state index contributed by atoms with van der Waals surface area (Å²) in [6.45, 7) is 7.60. The second kappa shape index (κ2) is 4.44. The number of benzene rings is 1. The quantitative estimate of drug-likeness (QED) is 0.898. The van der Waals surface area contributed by atoms with E-state index >= 15 is 0 Å². The minimum absolute atomic E-state index is 0.0800. The van der Waals surface area contributed by atoms with Crippen LogP contribution in [0.15, 0.2) is 18.2 Å². The summed E-state index contributed by atoms with van der Waals surface area (Å²) in [7, 11) is 0. The molecule has 4 heteroatoms. The molecule has 1 aromatic carbocycles. The lowest BCUT2D eigenvalue weighted by molar-refractivity contribution is -0.125. The van der Waals surface area contributed by atoms with Crippen molar-refractivity contribution < 1.29 is 14.2 Å². The molecule has 1 atom stereocenters. The van der Waals surface area contributed by atoms with Crippen molar-refractivity contribution in [2.24, 2.45) is 0 Å². The SMILES string of the molecule is CC1(C)CC(O)(Cc2cccc(F)c2Cl)C(C)(C)O1. The van der Waals surface area contributed by atoms with Crippen LogP contribution in [0.4, 0.5) is 4.39 Å². The van der Waals surface area contributed by atoms with Gasteiger partial charge in [0.2, 0.25) is 0 Å². The number of hydrogen-bond acceptors (Lipinski definition) is 2. The molecule has 1 fully saturated rings. The molecule has 106 valence electrons. The van der Waals surface area contributed by atoms with Crippen molar-refractivity contribution in [3.05, 3.63) is 34.6 Å². The molecule has 1 aromatic rings. The van der Waals surface area contributed by atoms with Crippen LogP contribution in [-0.2, 0) is 11.2 Å². The average molecular weight is 287 g/mol. The van der Waals surface area contributed by atoms with Gasteiger partial charge in [-0.3, -0.25) is 0 Å². The Morgan fingerprint density at radius 3 is 2.47 bits per heavy atom. The molecule has 0 bridgehead atoms. The molecular formula is C15H20ClFO2. The zero-order valence-electron chi connectivity index (χ0n) is 11.8. The first-order valence-corrected chi connectivity index (χ1v) is 6.80. The van der Waals surface area contributed by atoms with Crippen molar-refractivity contribution >= 4 is 11.6 Å². The predicted molar refractivity (Wildman–Crippen MR) is 73.9 cm³/mol. The van der Waals surface area contributed by atoms with E-state index in [4.69, 9.17) is 16.3 Å². The summed E-state index contributed by atoms with van der Waals surface area (Å²) in [6.07, 6.45) is 0.764. The lowest BCUT2D eigenvalue weighted by Crippen LogP contribution is -2.48. The molecule has 1 aliphatic rings. The molecule has 0 aromatic heterocycles. The van der Waals surface area contributed by atoms with Crippen LogP contribution in [0.25, 0.3) is 0 Å². The van der Waals surface area contributed by atoms with E-state index in [2.05, 4.69) is 0 Å². The highest BCUT2D eigenvalue weighted by atomic mass is 35.5. The number of halogens is 2. The Balaban J connectivity index is 2.34. The van der Waals surface area contributed by atoms with Crippen molar-refractivity contribution in [3.63, 3.8) is 0 Å². The third-order valence-corrected chi connectivity index (χ3v) is 4.31. The van der Waals surface area contributed by atoms with Crippen molar-refractivity contribution in [2.45, 2.75) is 57.3 Å². The standard InChI is InChI=1S/C15H20ClFO2/c1-13(2)9-15(18,14(3,4)19-13)8-10-6-5-7-11(17)12(10)16/h5-7,18H,8-9H2,1-4H3. The lowest BCUT2D eigenvalue weighted by atomic mass is 9.78. The zero-order chi connectivity index (χ0) is 14.5. The van der Waals surface area contributed by atoms with Gasteiger partial charge in [0.15, 0.2) is 0 Å². The smallest absolute Gasteiger partial charge is 0.142 e. The van der Waals surface area contributed by atoms with Gasteiger partial charge in [0.05, 0.1) is 21.8 Å². The van der Waals surface area contributed by atoms with Crippen LogP contribution in [-0.4, -0.2) is 21.9 Å². The first-order chi connectivity index (χ1) is 8.56. The summed E-state index contributed by atoms with van der Waals surface area (Å²) in [6, 6.07) is 4.66. The van der Waals surface area contributed by atoms with E-state index in [0.29, 0.717) is 12.0 Å². The molecule has 0 saturated carbocycles. The monoisotopic (exact) mass is 286 g/mol. The van der Waals surface area contributed by atoms with Gasteiger partial charge in [0, 0.05) is 12.8 Å². The summed E-state index contributed by atoms with van der Waals surface area (Å²) in [5, 5.41) is 11.0. The highest BCUT2D eigenvalue weighted by molar-refractivity contribution is 6.31. The van der Waals surface area contributed by atoms with Gasteiger partial charge in [-0.2, -0.15) is 0 Å². The molecular weight excluding hydrogens is 267 g/mol. The number of rotatable bonds is 2. The van der Waals surface area contributed by atoms with Gasteiger partial charge in [-0.05, 0) is 39.3 Å². The van der Waals surface area contributed by atoms with Gasteiger partial charge in [-0.1, -0.05) is 23.7 Å². The molecule has 1 heterocycles. The van der Waals surface area contributed by atoms with Gasteiger partial charge in [-0.25, -0.2) is 4.39 Å². The fraction of sp³-hybridized carbons (Fsp3) is 0.600. The maximum atomic E-state index is 13.5. The molecule has 1 unspecified atom stereocenters. The Morgan fingerprint density at radius 2 is 1.95 bits per heavy atom. The molecule has 1 aliphatic heterocycles. The predicted octanol–water partition coefficient (Wildman–Crippen LogP) is 3.73. The van der Waals surface area contributed by atoms with Crippen molar-refractivity contribution in [1.29, 1.82) is 0 Å². The highest BCUT2D eigenvalue weighted by Crippen LogP contribution is 2.47. The minimum atomic E-state index is -1.06. The third kappa shape index (κ3) is 2.64. The zero-order valence-corrected chi connectivity index (χ0v) is 12.5. The fourth-order valence-corrected chi connectivity index (χ4v) is 3.21. The largest absolute Gasteiger partial charge is 0.386 e. The van der Waals surface area contributed by atoms with Gasteiger partial charge in [-0.15, -0.1) is 0 Å². The van der Waals surface area contributed by atoms with Crippen molar-refractivity contribution in [3.8, 4) is 0 Å². The van der Waals surface area contributed by atoms with Crippen LogP contribution in [0.5, 0.6) is 0 Å². The summed E-state index contributed by atoms with van der Waals surface area (Å²) in [4.78, 5) is 0. The maximum Gasteiger partial charge on any atom is 0.142 e. The molecule has 0 amide bonds. The molecule has 0 aliphatic carbocycles.